The predicted molar refractivity (Wildman–Crippen MR) is 60.4 cm³/mol. The molecule has 0 bridgehead atoms. The average molecular weight is 224 g/mol. The van der Waals surface area contributed by atoms with Crippen LogP contribution in [0.3, 0.4) is 0 Å². The molecule has 0 aliphatic rings. The Hall–Kier alpha value is -1.56. The number of rotatable bonds is 4. The Morgan fingerprint density at radius 1 is 1.53 bits per heavy atom. The van der Waals surface area contributed by atoms with Crippen LogP contribution >= 0.6 is 12.2 Å². The third-order valence-corrected chi connectivity index (χ3v) is 2.05. The lowest BCUT2D eigenvalue weighted by molar-refractivity contribution is 0.0798. The van der Waals surface area contributed by atoms with E-state index < -0.39 is 0 Å². The molecule has 0 unspecified atom stereocenters. The van der Waals surface area contributed by atoms with Crippen LogP contribution in [0.4, 0.5) is 0 Å². The quantitative estimate of drug-likeness (QED) is 0.741. The lowest BCUT2D eigenvalue weighted by atomic mass is 10.3. The first-order chi connectivity index (χ1) is 7.11. The summed E-state index contributed by atoms with van der Waals surface area (Å²) in [5.74, 6) is -0.133. The minimum absolute atomic E-state index is 0.133. The summed E-state index contributed by atoms with van der Waals surface area (Å²) in [6.07, 6.45) is 4.86. The minimum Gasteiger partial charge on any atom is -0.393 e. The monoisotopic (exact) mass is 224 g/mol. The van der Waals surface area contributed by atoms with Crippen LogP contribution in [-0.4, -0.2) is 39.4 Å². The molecule has 6 heteroatoms. The van der Waals surface area contributed by atoms with Crippen LogP contribution in [0.1, 0.15) is 16.8 Å². The maximum absolute atomic E-state index is 11.7. The van der Waals surface area contributed by atoms with Crippen molar-refractivity contribution in [3.05, 3.63) is 24.3 Å². The lowest BCUT2D eigenvalue weighted by Crippen LogP contribution is -2.30. The molecular formula is C9H12N4OS. The zero-order chi connectivity index (χ0) is 11.3. The standard InChI is InChI=1S/C9H12N4OS/c1-13(3-2-8(10)15)9(14)7-4-11-6-12-5-7/h4-6H,2-3H2,1H3,(H2,10,15). The molecule has 0 spiro atoms. The van der Waals surface area contributed by atoms with E-state index in [1.807, 2.05) is 0 Å². The first kappa shape index (κ1) is 11.5. The van der Waals surface area contributed by atoms with Gasteiger partial charge in [0.2, 0.25) is 0 Å². The van der Waals surface area contributed by atoms with Crippen LogP contribution in [0.25, 0.3) is 0 Å². The predicted octanol–water partition coefficient (Wildman–Crippen LogP) is 0.225. The Morgan fingerprint density at radius 3 is 2.67 bits per heavy atom. The smallest absolute Gasteiger partial charge is 0.256 e. The molecule has 1 aromatic heterocycles. The first-order valence-corrected chi connectivity index (χ1v) is 4.81. The molecule has 1 heterocycles. The number of amides is 1. The third-order valence-electron chi connectivity index (χ3n) is 1.85. The topological polar surface area (TPSA) is 72.1 Å². The Labute approximate surface area is 93.3 Å². The molecule has 80 valence electrons. The van der Waals surface area contributed by atoms with E-state index in [0.717, 1.165) is 0 Å². The maximum atomic E-state index is 11.7. The number of hydrogen-bond donors (Lipinski definition) is 1. The zero-order valence-electron chi connectivity index (χ0n) is 8.38. The number of nitrogens with two attached hydrogens (primary N) is 1. The summed E-state index contributed by atoms with van der Waals surface area (Å²) in [6, 6.07) is 0. The van der Waals surface area contributed by atoms with E-state index in [-0.39, 0.29) is 5.91 Å². The van der Waals surface area contributed by atoms with Crippen molar-refractivity contribution in [1.82, 2.24) is 14.9 Å². The summed E-state index contributed by atoms with van der Waals surface area (Å²) in [6.45, 7) is 0.503. The van der Waals surface area contributed by atoms with Crippen LogP contribution in [0.15, 0.2) is 18.7 Å². The highest BCUT2D eigenvalue weighted by molar-refractivity contribution is 7.80. The molecule has 0 fully saturated rings. The van der Waals surface area contributed by atoms with Gasteiger partial charge in [-0.05, 0) is 0 Å². The van der Waals surface area contributed by atoms with Gasteiger partial charge in [-0.25, -0.2) is 9.97 Å². The molecule has 2 N–H and O–H groups in total. The number of aromatic nitrogens is 2. The van der Waals surface area contributed by atoms with Crippen molar-refractivity contribution in [3.63, 3.8) is 0 Å². The molecule has 0 radical (unpaired) electrons. The fourth-order valence-electron chi connectivity index (χ4n) is 1.01. The number of hydrogen-bond acceptors (Lipinski definition) is 4. The Morgan fingerprint density at radius 2 is 2.13 bits per heavy atom. The summed E-state index contributed by atoms with van der Waals surface area (Å²) in [4.78, 5) is 21.2. The van der Waals surface area contributed by atoms with Gasteiger partial charge >= 0.3 is 0 Å². The molecule has 1 rings (SSSR count). The van der Waals surface area contributed by atoms with Gasteiger partial charge in [0.15, 0.2) is 0 Å². The minimum atomic E-state index is -0.133. The largest absolute Gasteiger partial charge is 0.393 e. The SMILES string of the molecule is CN(CCC(N)=S)C(=O)c1cncnc1. The molecular weight excluding hydrogens is 212 g/mol. The molecule has 0 atom stereocenters. The summed E-state index contributed by atoms with van der Waals surface area (Å²) in [5, 5.41) is 0. The lowest BCUT2D eigenvalue weighted by Gasteiger charge is -2.15. The van der Waals surface area contributed by atoms with Gasteiger partial charge in [-0.1, -0.05) is 12.2 Å². The second kappa shape index (κ2) is 5.35. The molecule has 0 saturated heterocycles. The van der Waals surface area contributed by atoms with E-state index in [1.54, 1.807) is 7.05 Å². The molecule has 0 aliphatic heterocycles. The van der Waals surface area contributed by atoms with Gasteiger partial charge in [-0.3, -0.25) is 4.79 Å². The van der Waals surface area contributed by atoms with E-state index in [9.17, 15) is 4.79 Å². The summed E-state index contributed by atoms with van der Waals surface area (Å²) in [5.41, 5.74) is 5.81. The fourth-order valence-corrected chi connectivity index (χ4v) is 1.10. The average Bonchev–Trinajstić information content (AvgIpc) is 2.26. The van der Waals surface area contributed by atoms with Gasteiger partial charge < -0.3 is 10.6 Å². The van der Waals surface area contributed by atoms with E-state index in [2.05, 4.69) is 9.97 Å². The number of carbonyl (C=O) groups excluding carboxylic acids is 1. The highest BCUT2D eigenvalue weighted by Gasteiger charge is 2.11. The van der Waals surface area contributed by atoms with E-state index in [4.69, 9.17) is 18.0 Å². The number of nitrogens with zero attached hydrogens (tertiary/aromatic N) is 3. The Bertz CT molecular complexity index is 354. The van der Waals surface area contributed by atoms with Crippen LogP contribution < -0.4 is 5.73 Å². The van der Waals surface area contributed by atoms with Crippen molar-refractivity contribution in [2.24, 2.45) is 5.73 Å². The van der Waals surface area contributed by atoms with Gasteiger partial charge in [0.1, 0.15) is 6.33 Å². The van der Waals surface area contributed by atoms with Crippen molar-refractivity contribution >= 4 is 23.1 Å². The van der Waals surface area contributed by atoms with Crippen LogP contribution in [0, 0.1) is 0 Å². The second-order valence-electron chi connectivity index (χ2n) is 3.07. The fraction of sp³-hybridized carbons (Fsp3) is 0.333. The van der Waals surface area contributed by atoms with Crippen molar-refractivity contribution in [1.29, 1.82) is 0 Å². The second-order valence-corrected chi connectivity index (χ2v) is 3.59. The van der Waals surface area contributed by atoms with E-state index in [1.165, 1.54) is 23.6 Å². The Balaban J connectivity index is 2.57. The van der Waals surface area contributed by atoms with Gasteiger partial charge in [0.05, 0.1) is 10.6 Å². The molecule has 5 nitrogen and oxygen atoms in total. The Kier molecular flexibility index (Phi) is 4.11. The van der Waals surface area contributed by atoms with Crippen molar-refractivity contribution < 1.29 is 4.79 Å². The first-order valence-electron chi connectivity index (χ1n) is 4.40. The van der Waals surface area contributed by atoms with Crippen molar-refractivity contribution in [2.75, 3.05) is 13.6 Å². The van der Waals surface area contributed by atoms with Gasteiger partial charge in [-0.2, -0.15) is 0 Å². The van der Waals surface area contributed by atoms with Gasteiger partial charge in [-0.15, -0.1) is 0 Å². The molecule has 0 saturated carbocycles. The van der Waals surface area contributed by atoms with Crippen LogP contribution in [0.5, 0.6) is 0 Å². The van der Waals surface area contributed by atoms with E-state index in [0.29, 0.717) is 23.5 Å². The molecule has 15 heavy (non-hydrogen) atoms. The van der Waals surface area contributed by atoms with Gasteiger partial charge in [0.25, 0.3) is 5.91 Å². The van der Waals surface area contributed by atoms with Crippen molar-refractivity contribution in [2.45, 2.75) is 6.42 Å². The summed E-state index contributed by atoms with van der Waals surface area (Å²) >= 11 is 4.73. The maximum Gasteiger partial charge on any atom is 0.256 e. The molecule has 1 amide bonds. The molecule has 0 aliphatic carbocycles. The summed E-state index contributed by atoms with van der Waals surface area (Å²) in [7, 11) is 1.69. The van der Waals surface area contributed by atoms with Crippen LogP contribution in [-0.2, 0) is 0 Å². The van der Waals surface area contributed by atoms with E-state index >= 15 is 0 Å². The summed E-state index contributed by atoms with van der Waals surface area (Å²) < 4.78 is 0. The zero-order valence-corrected chi connectivity index (χ0v) is 9.20. The third kappa shape index (κ3) is 3.59. The highest BCUT2D eigenvalue weighted by Crippen LogP contribution is 2.00. The number of thiocarbonyl (C=S) groups is 1. The molecule has 1 aromatic rings. The normalized spacial score (nSPS) is 9.67. The van der Waals surface area contributed by atoms with Crippen LogP contribution in [0.2, 0.25) is 0 Å². The highest BCUT2D eigenvalue weighted by atomic mass is 32.1. The molecule has 0 aromatic carbocycles. The number of carbonyl (C=O) groups is 1. The van der Waals surface area contributed by atoms with Crippen molar-refractivity contribution in [3.8, 4) is 0 Å². The van der Waals surface area contributed by atoms with Gasteiger partial charge in [0, 0.05) is 32.4 Å².